The van der Waals surface area contributed by atoms with E-state index in [2.05, 4.69) is 4.98 Å². The number of alkyl halides is 3. The maximum Gasteiger partial charge on any atom is 0.416 e. The van der Waals surface area contributed by atoms with Gasteiger partial charge in [-0.2, -0.15) is 13.2 Å². The number of hydrogen-bond donors (Lipinski definition) is 1. The highest BCUT2D eigenvalue weighted by Crippen LogP contribution is 2.33. The van der Waals surface area contributed by atoms with E-state index in [-0.39, 0.29) is 5.02 Å². The van der Waals surface area contributed by atoms with Crippen LogP contribution in [-0.2, 0) is 12.6 Å². The van der Waals surface area contributed by atoms with Gasteiger partial charge in [0, 0.05) is 22.5 Å². The molecule has 0 atom stereocenters. The molecule has 2 N–H and O–H groups in total. The van der Waals surface area contributed by atoms with Gasteiger partial charge in [-0.3, -0.25) is 0 Å². The lowest BCUT2D eigenvalue weighted by Crippen LogP contribution is -2.05. The highest BCUT2D eigenvalue weighted by atomic mass is 35.5. The molecule has 0 aliphatic carbocycles. The smallest absolute Gasteiger partial charge is 0.375 e. The van der Waals surface area contributed by atoms with Crippen molar-refractivity contribution < 1.29 is 13.2 Å². The summed E-state index contributed by atoms with van der Waals surface area (Å²) in [6.07, 6.45) is -2.36. The first-order valence-electron chi connectivity index (χ1n) is 4.92. The molecule has 0 radical (unpaired) electrons. The number of benzene rings is 1. The van der Waals surface area contributed by atoms with Gasteiger partial charge in [-0.25, -0.2) is 4.98 Å². The zero-order valence-electron chi connectivity index (χ0n) is 8.96. The largest absolute Gasteiger partial charge is 0.416 e. The van der Waals surface area contributed by atoms with Crippen LogP contribution in [-0.4, -0.2) is 4.98 Å². The van der Waals surface area contributed by atoms with E-state index in [1.807, 2.05) is 0 Å². The molecule has 1 heterocycles. The number of halogens is 4. The second kappa shape index (κ2) is 4.78. The molecule has 0 unspecified atom stereocenters. The lowest BCUT2D eigenvalue weighted by molar-refractivity contribution is -0.137. The Labute approximate surface area is 110 Å². The van der Waals surface area contributed by atoms with Crippen molar-refractivity contribution in [3.63, 3.8) is 0 Å². The van der Waals surface area contributed by atoms with Crippen LogP contribution >= 0.6 is 22.9 Å². The molecule has 2 aromatic rings. The summed E-state index contributed by atoms with van der Waals surface area (Å²) >= 11 is 7.13. The Kier molecular flexibility index (Phi) is 3.49. The molecule has 1 aromatic heterocycles. The Hall–Kier alpha value is -1.27. The van der Waals surface area contributed by atoms with E-state index in [0.29, 0.717) is 17.1 Å². The average Bonchev–Trinajstić information content (AvgIpc) is 2.65. The van der Waals surface area contributed by atoms with Gasteiger partial charge in [0.2, 0.25) is 0 Å². The number of nitrogen functional groups attached to an aromatic ring is 1. The lowest BCUT2D eigenvalue weighted by Gasteiger charge is -2.09. The van der Waals surface area contributed by atoms with Gasteiger partial charge in [-0.05, 0) is 17.7 Å². The molecule has 18 heavy (non-hydrogen) atoms. The standard InChI is InChI=1S/C11H8ClF3N2S/c12-9-4-7(11(13,14)15)2-1-6(9)3-8-5-17-10(16)18-8/h1-2,4-5H,3H2,(H2,16,17). The maximum absolute atomic E-state index is 12.4. The molecule has 0 aliphatic rings. The van der Waals surface area contributed by atoms with Crippen molar-refractivity contribution >= 4 is 28.1 Å². The molecule has 0 bridgehead atoms. The van der Waals surface area contributed by atoms with E-state index in [0.717, 1.165) is 17.0 Å². The Morgan fingerprint density at radius 1 is 1.33 bits per heavy atom. The van der Waals surface area contributed by atoms with Crippen molar-refractivity contribution in [1.82, 2.24) is 4.98 Å². The molecule has 1 aromatic carbocycles. The van der Waals surface area contributed by atoms with Crippen molar-refractivity contribution in [2.24, 2.45) is 0 Å². The van der Waals surface area contributed by atoms with Crippen LogP contribution in [0.5, 0.6) is 0 Å². The lowest BCUT2D eigenvalue weighted by atomic mass is 10.1. The van der Waals surface area contributed by atoms with Crippen LogP contribution in [0.4, 0.5) is 18.3 Å². The van der Waals surface area contributed by atoms with Gasteiger partial charge in [0.05, 0.1) is 5.56 Å². The molecule has 0 aliphatic heterocycles. The van der Waals surface area contributed by atoms with E-state index in [4.69, 9.17) is 17.3 Å². The molecule has 0 spiro atoms. The summed E-state index contributed by atoms with van der Waals surface area (Å²) in [7, 11) is 0. The first-order chi connectivity index (χ1) is 8.36. The van der Waals surface area contributed by atoms with Crippen molar-refractivity contribution in [3.05, 3.63) is 45.4 Å². The molecular formula is C11H8ClF3N2S. The number of rotatable bonds is 2. The topological polar surface area (TPSA) is 38.9 Å². The Morgan fingerprint density at radius 2 is 2.06 bits per heavy atom. The fourth-order valence-electron chi connectivity index (χ4n) is 1.46. The second-order valence-corrected chi connectivity index (χ2v) is 5.20. The fraction of sp³-hybridized carbons (Fsp3) is 0.182. The number of thiazole rings is 1. The molecule has 0 amide bonds. The summed E-state index contributed by atoms with van der Waals surface area (Å²) in [5.41, 5.74) is 5.35. The Bertz CT molecular complexity index is 566. The highest BCUT2D eigenvalue weighted by Gasteiger charge is 2.30. The summed E-state index contributed by atoms with van der Waals surface area (Å²) < 4.78 is 37.3. The quantitative estimate of drug-likeness (QED) is 0.909. The summed E-state index contributed by atoms with van der Waals surface area (Å²) in [6.45, 7) is 0. The van der Waals surface area contributed by atoms with Gasteiger partial charge in [0.1, 0.15) is 0 Å². The van der Waals surface area contributed by atoms with Crippen LogP contribution in [0, 0.1) is 0 Å². The number of aromatic nitrogens is 1. The van der Waals surface area contributed by atoms with E-state index >= 15 is 0 Å². The third-order valence-corrected chi connectivity index (χ3v) is 3.49. The molecule has 0 saturated heterocycles. The van der Waals surface area contributed by atoms with Crippen LogP contribution < -0.4 is 5.73 Å². The van der Waals surface area contributed by atoms with Crippen molar-refractivity contribution in [3.8, 4) is 0 Å². The van der Waals surface area contributed by atoms with Gasteiger partial charge >= 0.3 is 6.18 Å². The normalized spacial score (nSPS) is 11.8. The summed E-state index contributed by atoms with van der Waals surface area (Å²) in [4.78, 5) is 4.73. The van der Waals surface area contributed by atoms with Crippen LogP contribution in [0.25, 0.3) is 0 Å². The second-order valence-electron chi connectivity index (χ2n) is 3.65. The fourth-order valence-corrected chi connectivity index (χ4v) is 2.41. The molecule has 7 heteroatoms. The third-order valence-electron chi connectivity index (χ3n) is 2.32. The maximum atomic E-state index is 12.4. The van der Waals surface area contributed by atoms with E-state index in [1.165, 1.54) is 17.4 Å². The van der Waals surface area contributed by atoms with Gasteiger partial charge in [0.15, 0.2) is 5.13 Å². The van der Waals surface area contributed by atoms with Gasteiger partial charge in [0.25, 0.3) is 0 Å². The van der Waals surface area contributed by atoms with E-state index in [9.17, 15) is 13.2 Å². The SMILES string of the molecule is Nc1ncc(Cc2ccc(C(F)(F)F)cc2Cl)s1. The van der Waals surface area contributed by atoms with Gasteiger partial charge in [-0.15, -0.1) is 11.3 Å². The number of nitrogens with two attached hydrogens (primary N) is 1. The highest BCUT2D eigenvalue weighted by molar-refractivity contribution is 7.15. The van der Waals surface area contributed by atoms with Crippen LogP contribution in [0.15, 0.2) is 24.4 Å². The molecule has 2 nitrogen and oxygen atoms in total. The molecule has 0 fully saturated rings. The van der Waals surface area contributed by atoms with Gasteiger partial charge < -0.3 is 5.73 Å². The predicted octanol–water partition coefficient (Wildman–Crippen LogP) is 3.99. The van der Waals surface area contributed by atoms with Crippen LogP contribution in [0.1, 0.15) is 16.0 Å². The molecule has 96 valence electrons. The van der Waals surface area contributed by atoms with Crippen molar-refractivity contribution in [2.75, 3.05) is 5.73 Å². The number of anilines is 1. The number of hydrogen-bond acceptors (Lipinski definition) is 3. The Balaban J connectivity index is 2.25. The predicted molar refractivity (Wildman–Crippen MR) is 65.8 cm³/mol. The first-order valence-corrected chi connectivity index (χ1v) is 6.11. The van der Waals surface area contributed by atoms with Crippen molar-refractivity contribution in [2.45, 2.75) is 12.6 Å². The van der Waals surface area contributed by atoms with Gasteiger partial charge in [-0.1, -0.05) is 17.7 Å². The first kappa shape index (κ1) is 13.2. The molecule has 0 saturated carbocycles. The summed E-state index contributed by atoms with van der Waals surface area (Å²) in [6, 6.07) is 3.33. The number of nitrogens with zero attached hydrogens (tertiary/aromatic N) is 1. The minimum absolute atomic E-state index is 0.0943. The Morgan fingerprint density at radius 3 is 2.56 bits per heavy atom. The van der Waals surface area contributed by atoms with E-state index in [1.54, 1.807) is 6.20 Å². The minimum Gasteiger partial charge on any atom is -0.375 e. The zero-order chi connectivity index (χ0) is 13.3. The minimum atomic E-state index is -4.38. The van der Waals surface area contributed by atoms with E-state index < -0.39 is 11.7 Å². The zero-order valence-corrected chi connectivity index (χ0v) is 10.5. The molecular weight excluding hydrogens is 285 g/mol. The van der Waals surface area contributed by atoms with Crippen LogP contribution in [0.2, 0.25) is 5.02 Å². The summed E-state index contributed by atoms with van der Waals surface area (Å²) in [5, 5.41) is 0.518. The average molecular weight is 293 g/mol. The van der Waals surface area contributed by atoms with Crippen LogP contribution in [0.3, 0.4) is 0 Å². The monoisotopic (exact) mass is 292 g/mol. The van der Waals surface area contributed by atoms with Crippen molar-refractivity contribution in [1.29, 1.82) is 0 Å². The molecule has 2 rings (SSSR count). The third kappa shape index (κ3) is 2.94. The summed E-state index contributed by atoms with van der Waals surface area (Å²) in [5.74, 6) is 0.